The van der Waals surface area contributed by atoms with Crippen LogP contribution in [0.3, 0.4) is 0 Å². The van der Waals surface area contributed by atoms with Crippen molar-refractivity contribution in [2.24, 2.45) is 5.84 Å². The van der Waals surface area contributed by atoms with Crippen LogP contribution in [-0.4, -0.2) is 18.0 Å². The van der Waals surface area contributed by atoms with Crippen LogP contribution in [0.2, 0.25) is 0 Å². The Labute approximate surface area is 129 Å². The van der Waals surface area contributed by atoms with Crippen molar-refractivity contribution < 1.29 is 18.7 Å². The molecule has 1 aromatic heterocycles. The lowest BCUT2D eigenvalue weighted by Gasteiger charge is -2.14. The maximum Gasteiger partial charge on any atom is 0.300 e. The lowest BCUT2D eigenvalue weighted by Crippen LogP contribution is -2.29. The predicted molar refractivity (Wildman–Crippen MR) is 84.2 cm³/mol. The monoisotopic (exact) mass is 306 g/mol. The minimum atomic E-state index is -0.412. The number of hydrazine groups is 1. The van der Waals surface area contributed by atoms with Crippen molar-refractivity contribution in [3.05, 3.63) is 35.1 Å². The molecule has 1 heterocycles. The zero-order valence-electron chi connectivity index (χ0n) is 13.5. The molecule has 0 radical (unpaired) electrons. The van der Waals surface area contributed by atoms with Crippen molar-refractivity contribution in [2.45, 2.75) is 40.2 Å². The molecule has 1 amide bonds. The highest BCUT2D eigenvalue weighted by Gasteiger charge is 2.13. The molecule has 2 aromatic rings. The third kappa shape index (κ3) is 4.60. The maximum atomic E-state index is 11.3. The van der Waals surface area contributed by atoms with Gasteiger partial charge in [-0.25, -0.2) is 5.84 Å². The molecule has 0 saturated carbocycles. The Morgan fingerprint density at radius 1 is 1.27 bits per heavy atom. The second kappa shape index (κ2) is 7.09. The third-order valence-corrected chi connectivity index (χ3v) is 2.85. The molecular weight excluding hydrogens is 284 g/mol. The Hall–Kier alpha value is -2.34. The summed E-state index contributed by atoms with van der Waals surface area (Å²) in [5.41, 5.74) is 4.56. The van der Waals surface area contributed by atoms with Crippen molar-refractivity contribution in [1.29, 1.82) is 0 Å². The van der Waals surface area contributed by atoms with E-state index in [1.165, 1.54) is 0 Å². The lowest BCUT2D eigenvalue weighted by molar-refractivity contribution is -0.138. The topological polar surface area (TPSA) is 94.6 Å². The Kier molecular flexibility index (Phi) is 5.70. The number of aryl methyl sites for hydroxylation is 2. The van der Waals surface area contributed by atoms with E-state index < -0.39 is 5.91 Å². The normalized spacial score (nSPS) is 10.6. The molecule has 0 saturated heterocycles. The first-order valence-corrected chi connectivity index (χ1v) is 6.81. The molecule has 0 unspecified atom stereocenters. The van der Waals surface area contributed by atoms with Gasteiger partial charge in [-0.05, 0) is 51.8 Å². The summed E-state index contributed by atoms with van der Waals surface area (Å²) >= 11 is 0. The molecule has 6 nitrogen and oxygen atoms in total. The first-order valence-electron chi connectivity index (χ1n) is 6.81. The van der Waals surface area contributed by atoms with E-state index in [2.05, 4.69) is 4.74 Å². The Morgan fingerprint density at radius 2 is 1.86 bits per heavy atom. The first-order chi connectivity index (χ1) is 10.2. The number of hydrogen-bond acceptors (Lipinski definition) is 5. The third-order valence-electron chi connectivity index (χ3n) is 2.85. The summed E-state index contributed by atoms with van der Waals surface area (Å²) in [6.07, 6.45) is 0. The molecular formula is C16H22N2O4. The van der Waals surface area contributed by atoms with Gasteiger partial charge < -0.3 is 9.15 Å². The average Bonchev–Trinajstić information content (AvgIpc) is 2.88. The molecule has 2 rings (SSSR count). The summed E-state index contributed by atoms with van der Waals surface area (Å²) in [4.78, 5) is 20.9. The van der Waals surface area contributed by atoms with Crippen LogP contribution in [0.4, 0.5) is 0 Å². The second-order valence-corrected chi connectivity index (χ2v) is 5.85. The minimum Gasteiger partial charge on any atom is -0.462 e. The summed E-state index contributed by atoms with van der Waals surface area (Å²) in [6.45, 7) is 9.83. The van der Waals surface area contributed by atoms with Crippen LogP contribution in [0.1, 0.15) is 42.5 Å². The predicted octanol–water partition coefficient (Wildman–Crippen LogP) is 2.61. The molecule has 3 N–H and O–H groups in total. The van der Waals surface area contributed by atoms with Crippen molar-refractivity contribution in [3.63, 3.8) is 0 Å². The molecule has 0 atom stereocenters. The molecule has 0 aliphatic carbocycles. The number of nitrogens with one attached hydrogen (secondary N) is 1. The van der Waals surface area contributed by atoms with Gasteiger partial charge >= 0.3 is 5.91 Å². The average molecular weight is 306 g/mol. The van der Waals surface area contributed by atoms with E-state index in [0.717, 1.165) is 22.1 Å². The zero-order valence-corrected chi connectivity index (χ0v) is 13.5. The lowest BCUT2D eigenvalue weighted by atomic mass is 10.1. The van der Waals surface area contributed by atoms with Gasteiger partial charge in [-0.15, -0.1) is 0 Å². The Morgan fingerprint density at radius 3 is 2.27 bits per heavy atom. The Bertz CT molecular complexity index is 630. The minimum absolute atomic E-state index is 0.241. The molecule has 0 bridgehead atoms. The van der Waals surface area contributed by atoms with Crippen molar-refractivity contribution in [1.82, 2.24) is 5.43 Å². The van der Waals surface area contributed by atoms with E-state index >= 15 is 0 Å². The van der Waals surface area contributed by atoms with Gasteiger partial charge in [-0.2, -0.15) is 0 Å². The van der Waals surface area contributed by atoms with E-state index in [9.17, 15) is 9.59 Å². The van der Waals surface area contributed by atoms with Crippen LogP contribution < -0.4 is 11.3 Å². The quantitative estimate of drug-likeness (QED) is 0.385. The largest absolute Gasteiger partial charge is 0.462 e. The SMILES string of the molecule is CC(C)(C)OC=O.Cc1ccc(C)c2oc(C(=O)NN)cc12. The van der Waals surface area contributed by atoms with Gasteiger partial charge in [-0.1, -0.05) is 12.1 Å². The van der Waals surface area contributed by atoms with Gasteiger partial charge in [0.1, 0.15) is 11.2 Å². The maximum absolute atomic E-state index is 11.3. The number of carbonyl (C=O) groups excluding carboxylic acids is 2. The smallest absolute Gasteiger partial charge is 0.300 e. The van der Waals surface area contributed by atoms with Gasteiger partial charge in [0.05, 0.1) is 0 Å². The summed E-state index contributed by atoms with van der Waals surface area (Å²) in [5.74, 6) is 4.87. The summed E-state index contributed by atoms with van der Waals surface area (Å²) < 4.78 is 9.99. The number of hydrogen-bond donors (Lipinski definition) is 2. The van der Waals surface area contributed by atoms with Crippen LogP contribution in [-0.2, 0) is 9.53 Å². The number of benzene rings is 1. The van der Waals surface area contributed by atoms with Gasteiger partial charge in [0.25, 0.3) is 6.47 Å². The number of rotatable bonds is 2. The first kappa shape index (κ1) is 17.7. The van der Waals surface area contributed by atoms with Crippen molar-refractivity contribution in [2.75, 3.05) is 0 Å². The highest BCUT2D eigenvalue weighted by atomic mass is 16.5. The zero-order chi connectivity index (χ0) is 16.9. The van der Waals surface area contributed by atoms with Gasteiger partial charge in [-0.3, -0.25) is 15.0 Å². The van der Waals surface area contributed by atoms with Crippen LogP contribution in [0, 0.1) is 13.8 Å². The molecule has 0 spiro atoms. The fourth-order valence-corrected chi connectivity index (χ4v) is 1.72. The van der Waals surface area contributed by atoms with Gasteiger partial charge in [0.2, 0.25) is 0 Å². The van der Waals surface area contributed by atoms with Crippen LogP contribution in [0.25, 0.3) is 11.0 Å². The number of furan rings is 1. The van der Waals surface area contributed by atoms with Crippen molar-refractivity contribution in [3.8, 4) is 0 Å². The molecule has 6 heteroatoms. The summed E-state index contributed by atoms with van der Waals surface area (Å²) in [5, 5.41) is 0.952. The van der Waals surface area contributed by atoms with E-state index in [-0.39, 0.29) is 11.4 Å². The van der Waals surface area contributed by atoms with Crippen LogP contribution in [0.15, 0.2) is 22.6 Å². The van der Waals surface area contributed by atoms with Gasteiger partial charge in [0, 0.05) is 5.39 Å². The number of ether oxygens (including phenoxy) is 1. The fraction of sp³-hybridized carbons (Fsp3) is 0.375. The Balaban J connectivity index is 0.000000295. The number of nitrogen functional groups attached to an aromatic ring is 1. The van der Waals surface area contributed by atoms with Crippen LogP contribution >= 0.6 is 0 Å². The number of amides is 1. The van der Waals surface area contributed by atoms with Crippen LogP contribution in [0.5, 0.6) is 0 Å². The van der Waals surface area contributed by atoms with Crippen molar-refractivity contribution >= 4 is 23.3 Å². The molecule has 22 heavy (non-hydrogen) atoms. The number of nitrogens with two attached hydrogens (primary N) is 1. The van der Waals surface area contributed by atoms with E-state index in [1.807, 2.05) is 52.2 Å². The summed E-state index contributed by atoms with van der Waals surface area (Å²) in [6, 6.07) is 5.67. The van der Waals surface area contributed by atoms with E-state index in [1.54, 1.807) is 6.07 Å². The molecule has 120 valence electrons. The van der Waals surface area contributed by atoms with E-state index in [0.29, 0.717) is 6.47 Å². The highest BCUT2D eigenvalue weighted by molar-refractivity contribution is 5.97. The molecule has 0 fully saturated rings. The standard InChI is InChI=1S/C11H12N2O2.C5H10O2/c1-6-3-4-7(2)10-8(6)5-9(15-10)11(14)13-12;1-5(2,3)7-4-6/h3-5H,12H2,1-2H3,(H,13,14);4H,1-3H3. The molecule has 0 aliphatic heterocycles. The highest BCUT2D eigenvalue weighted by Crippen LogP contribution is 2.25. The number of carbonyl (C=O) groups is 2. The molecule has 1 aromatic carbocycles. The van der Waals surface area contributed by atoms with E-state index in [4.69, 9.17) is 10.3 Å². The second-order valence-electron chi connectivity index (χ2n) is 5.85. The fourth-order valence-electron chi connectivity index (χ4n) is 1.72. The summed E-state index contributed by atoms with van der Waals surface area (Å²) in [7, 11) is 0. The molecule has 0 aliphatic rings. The van der Waals surface area contributed by atoms with Gasteiger partial charge in [0.15, 0.2) is 5.76 Å². The number of fused-ring (bicyclic) bond motifs is 1.